The molecule has 1 aliphatic heterocycles. The first-order valence-corrected chi connectivity index (χ1v) is 11.7. The molecule has 2 atom stereocenters. The van der Waals surface area contributed by atoms with Crippen LogP contribution in [0.25, 0.3) is 5.13 Å². The molecule has 6 nitrogen and oxygen atoms in total. The van der Waals surface area contributed by atoms with Gasteiger partial charge in [-0.3, -0.25) is 9.55 Å². The number of aromatic nitrogens is 3. The molecule has 1 saturated heterocycles. The van der Waals surface area contributed by atoms with E-state index in [2.05, 4.69) is 39.8 Å². The van der Waals surface area contributed by atoms with E-state index < -0.39 is 0 Å². The van der Waals surface area contributed by atoms with Crippen LogP contribution >= 0.6 is 35.2 Å². The first-order chi connectivity index (χ1) is 15.5. The topological polar surface area (TPSA) is 66.2 Å². The molecule has 3 aromatic heterocycles. The van der Waals surface area contributed by atoms with Crippen LogP contribution in [-0.2, 0) is 0 Å². The molecule has 162 valence electrons. The summed E-state index contributed by atoms with van der Waals surface area (Å²) in [4.78, 5) is 11.0. The molecule has 0 aliphatic carbocycles. The maximum absolute atomic E-state index is 10.7. The Morgan fingerprint density at radius 3 is 2.69 bits per heavy atom. The quantitative estimate of drug-likeness (QED) is 0.376. The number of hydrogen-bond donors (Lipinski definition) is 2. The van der Waals surface area contributed by atoms with Crippen molar-refractivity contribution >= 4 is 46.0 Å². The van der Waals surface area contributed by atoms with Gasteiger partial charge in [-0.1, -0.05) is 17.7 Å². The normalized spacial score (nSPS) is 18.2. The number of phenols is 1. The van der Waals surface area contributed by atoms with Gasteiger partial charge in [0.1, 0.15) is 5.75 Å². The van der Waals surface area contributed by atoms with Gasteiger partial charge in [0.2, 0.25) is 0 Å². The zero-order valence-electron chi connectivity index (χ0n) is 17.4. The summed E-state index contributed by atoms with van der Waals surface area (Å²) in [5.74, 6) is 0.110. The van der Waals surface area contributed by atoms with Crippen LogP contribution in [0.1, 0.15) is 34.7 Å². The average Bonchev–Trinajstić information content (AvgIpc) is 3.48. The number of hydrogen-bond acceptors (Lipinski definition) is 5. The highest BCUT2D eigenvalue weighted by atomic mass is 35.5. The highest BCUT2D eigenvalue weighted by molar-refractivity contribution is 7.80. The van der Waals surface area contributed by atoms with E-state index in [1.54, 1.807) is 41.9 Å². The number of rotatable bonds is 4. The second-order valence-corrected chi connectivity index (χ2v) is 9.30. The van der Waals surface area contributed by atoms with Gasteiger partial charge < -0.3 is 15.3 Å². The minimum atomic E-state index is -0.248. The summed E-state index contributed by atoms with van der Waals surface area (Å²) in [5, 5.41) is 18.0. The van der Waals surface area contributed by atoms with E-state index >= 15 is 0 Å². The number of benzene rings is 1. The summed E-state index contributed by atoms with van der Waals surface area (Å²) in [7, 11) is 0. The number of aryl methyl sites for hydroxylation is 1. The van der Waals surface area contributed by atoms with E-state index in [1.807, 2.05) is 28.5 Å². The molecule has 0 saturated carbocycles. The van der Waals surface area contributed by atoms with Crippen LogP contribution in [0, 0.1) is 13.8 Å². The molecule has 32 heavy (non-hydrogen) atoms. The van der Waals surface area contributed by atoms with Crippen LogP contribution in [0.3, 0.4) is 0 Å². The number of thiocarbonyl (C=S) groups is 1. The fourth-order valence-electron chi connectivity index (χ4n) is 4.33. The molecule has 0 spiro atoms. The van der Waals surface area contributed by atoms with E-state index in [-0.39, 0.29) is 17.8 Å². The van der Waals surface area contributed by atoms with Crippen LogP contribution in [0.5, 0.6) is 5.75 Å². The maximum atomic E-state index is 10.7. The average molecular weight is 482 g/mol. The Morgan fingerprint density at radius 1 is 1.12 bits per heavy atom. The Balaban J connectivity index is 1.71. The SMILES string of the molecule is Cc1cc([C@H]2[C@H](c3ccccn3)NC(=S)N2c2cc(Cl)ccc2O)c(C)n1-c1nccs1. The number of pyridine rings is 1. The lowest BCUT2D eigenvalue weighted by molar-refractivity contribution is 0.472. The third kappa shape index (κ3) is 3.44. The van der Waals surface area contributed by atoms with Gasteiger partial charge in [-0.25, -0.2) is 4.98 Å². The fraction of sp³-hybridized carbons (Fsp3) is 0.174. The molecular formula is C23H20ClN5OS2. The van der Waals surface area contributed by atoms with Gasteiger partial charge in [0.25, 0.3) is 0 Å². The van der Waals surface area contributed by atoms with Crippen molar-refractivity contribution in [3.63, 3.8) is 0 Å². The van der Waals surface area contributed by atoms with E-state index in [9.17, 15) is 5.11 Å². The fourth-order valence-corrected chi connectivity index (χ4v) is 5.58. The van der Waals surface area contributed by atoms with Crippen LogP contribution in [0.2, 0.25) is 5.02 Å². The highest BCUT2D eigenvalue weighted by Crippen LogP contribution is 2.46. The number of aromatic hydroxyl groups is 1. The Labute approximate surface area is 200 Å². The molecule has 9 heteroatoms. The van der Waals surface area contributed by atoms with Gasteiger partial charge in [-0.15, -0.1) is 11.3 Å². The van der Waals surface area contributed by atoms with E-state index in [1.165, 1.54) is 0 Å². The second kappa shape index (κ2) is 8.20. The lowest BCUT2D eigenvalue weighted by Gasteiger charge is -2.28. The summed E-state index contributed by atoms with van der Waals surface area (Å²) in [6.45, 7) is 4.15. The zero-order chi connectivity index (χ0) is 22.4. The number of anilines is 1. The number of nitrogens with zero attached hydrogens (tertiary/aromatic N) is 4. The summed E-state index contributed by atoms with van der Waals surface area (Å²) in [5.41, 5.74) is 4.61. The third-order valence-electron chi connectivity index (χ3n) is 5.69. The molecule has 1 fully saturated rings. The van der Waals surface area contributed by atoms with Gasteiger partial charge in [0.15, 0.2) is 10.2 Å². The Kier molecular flexibility index (Phi) is 5.36. The minimum absolute atomic E-state index is 0.110. The van der Waals surface area contributed by atoms with Gasteiger partial charge in [0.05, 0.1) is 23.5 Å². The van der Waals surface area contributed by atoms with E-state index in [0.29, 0.717) is 15.8 Å². The predicted octanol–water partition coefficient (Wildman–Crippen LogP) is 5.48. The first kappa shape index (κ1) is 20.9. The third-order valence-corrected chi connectivity index (χ3v) is 7.00. The molecule has 0 amide bonds. The first-order valence-electron chi connectivity index (χ1n) is 10.0. The van der Waals surface area contributed by atoms with Crippen LogP contribution in [0.4, 0.5) is 5.69 Å². The van der Waals surface area contributed by atoms with E-state index in [4.69, 9.17) is 23.8 Å². The van der Waals surface area contributed by atoms with Crippen molar-refractivity contribution in [1.29, 1.82) is 0 Å². The number of halogens is 1. The van der Waals surface area contributed by atoms with Crippen molar-refractivity contribution in [3.05, 3.63) is 87.9 Å². The largest absolute Gasteiger partial charge is 0.506 e. The lowest BCUT2D eigenvalue weighted by atomic mass is 9.96. The Hall–Kier alpha value is -2.94. The molecule has 1 aliphatic rings. The van der Waals surface area contributed by atoms with Crippen molar-refractivity contribution in [1.82, 2.24) is 19.9 Å². The molecule has 0 bridgehead atoms. The van der Waals surface area contributed by atoms with Gasteiger partial charge in [-0.05, 0) is 68.0 Å². The van der Waals surface area contributed by atoms with Crippen molar-refractivity contribution in [2.24, 2.45) is 0 Å². The summed E-state index contributed by atoms with van der Waals surface area (Å²) in [6.07, 6.45) is 3.58. The maximum Gasteiger partial charge on any atom is 0.193 e. The minimum Gasteiger partial charge on any atom is -0.506 e. The smallest absolute Gasteiger partial charge is 0.193 e. The van der Waals surface area contributed by atoms with Crippen LogP contribution < -0.4 is 10.2 Å². The molecule has 4 heterocycles. The lowest BCUT2D eigenvalue weighted by Crippen LogP contribution is -2.29. The molecule has 2 N–H and O–H groups in total. The van der Waals surface area contributed by atoms with Gasteiger partial charge in [-0.2, -0.15) is 0 Å². The predicted molar refractivity (Wildman–Crippen MR) is 132 cm³/mol. The van der Waals surface area contributed by atoms with Crippen molar-refractivity contribution in [2.75, 3.05) is 4.90 Å². The molecule has 1 aromatic carbocycles. The highest BCUT2D eigenvalue weighted by Gasteiger charge is 2.43. The standard InChI is InChI=1S/C23H20ClN5OS2/c1-13-11-16(14(2)28(13)23-26-9-10-32-23)21-20(17-5-3-4-8-25-17)27-22(31)29(21)18-12-15(24)6-7-19(18)30/h3-12,20-21,30H,1-2H3,(H,27,31)/t20-,21-/m0/s1. The Bertz CT molecular complexity index is 1290. The number of nitrogens with one attached hydrogen (secondary N) is 1. The number of phenolic OH excluding ortho intramolecular Hbond substituents is 1. The monoisotopic (exact) mass is 481 g/mol. The summed E-state index contributed by atoms with van der Waals surface area (Å²) >= 11 is 13.6. The van der Waals surface area contributed by atoms with Crippen molar-refractivity contribution < 1.29 is 5.11 Å². The second-order valence-electron chi connectivity index (χ2n) is 7.61. The Morgan fingerprint density at radius 2 is 1.97 bits per heavy atom. The van der Waals surface area contributed by atoms with Gasteiger partial charge >= 0.3 is 0 Å². The molecular weight excluding hydrogens is 462 g/mol. The van der Waals surface area contributed by atoms with Crippen molar-refractivity contribution in [2.45, 2.75) is 25.9 Å². The molecule has 0 radical (unpaired) electrons. The molecule has 5 rings (SSSR count). The van der Waals surface area contributed by atoms with Crippen LogP contribution in [0.15, 0.2) is 60.2 Å². The van der Waals surface area contributed by atoms with Crippen LogP contribution in [-0.4, -0.2) is 24.8 Å². The van der Waals surface area contributed by atoms with Crippen molar-refractivity contribution in [3.8, 4) is 10.9 Å². The van der Waals surface area contributed by atoms with E-state index in [0.717, 1.165) is 27.8 Å². The summed E-state index contributed by atoms with van der Waals surface area (Å²) < 4.78 is 2.15. The number of thiazole rings is 1. The zero-order valence-corrected chi connectivity index (χ0v) is 19.7. The summed E-state index contributed by atoms with van der Waals surface area (Å²) in [6, 6.07) is 12.5. The molecule has 0 unspecified atom stereocenters. The molecule has 4 aromatic rings. The van der Waals surface area contributed by atoms with Gasteiger partial charge in [0, 0.05) is 34.2 Å².